The third kappa shape index (κ3) is 3.29. The molecule has 4 rings (SSSR count). The minimum Gasteiger partial charge on any atom is -0.454 e. The number of piperazine rings is 1. The molecule has 4 nitrogen and oxygen atoms in total. The van der Waals surface area contributed by atoms with Gasteiger partial charge in [0.2, 0.25) is 6.79 Å². The van der Waals surface area contributed by atoms with Crippen molar-refractivity contribution in [2.24, 2.45) is 5.41 Å². The van der Waals surface area contributed by atoms with E-state index in [2.05, 4.69) is 54.0 Å². The SMILES string of the molecule is CC1(C)C=CC(CN2CCN(c3ccc4c(c3)OCO4)CC2)=CC1. The summed E-state index contributed by atoms with van der Waals surface area (Å²) >= 11 is 0. The molecule has 128 valence electrons. The fourth-order valence-corrected chi connectivity index (χ4v) is 3.48. The predicted molar refractivity (Wildman–Crippen MR) is 96.8 cm³/mol. The van der Waals surface area contributed by atoms with Crippen LogP contribution in [0.4, 0.5) is 5.69 Å². The van der Waals surface area contributed by atoms with Crippen molar-refractivity contribution in [1.29, 1.82) is 0 Å². The lowest BCUT2D eigenvalue weighted by atomic mass is 9.84. The number of hydrogen-bond acceptors (Lipinski definition) is 4. The van der Waals surface area contributed by atoms with Gasteiger partial charge in [-0.2, -0.15) is 0 Å². The molecule has 0 N–H and O–H groups in total. The van der Waals surface area contributed by atoms with E-state index >= 15 is 0 Å². The minimum atomic E-state index is 0.321. The van der Waals surface area contributed by atoms with E-state index in [0.717, 1.165) is 50.6 Å². The summed E-state index contributed by atoms with van der Waals surface area (Å²) in [5.74, 6) is 1.73. The Labute approximate surface area is 144 Å². The molecule has 2 aliphatic heterocycles. The smallest absolute Gasteiger partial charge is 0.231 e. The van der Waals surface area contributed by atoms with Crippen LogP contribution < -0.4 is 14.4 Å². The number of hydrogen-bond donors (Lipinski definition) is 0. The van der Waals surface area contributed by atoms with Crippen LogP contribution in [0.25, 0.3) is 0 Å². The summed E-state index contributed by atoms with van der Waals surface area (Å²) in [6, 6.07) is 6.26. The van der Waals surface area contributed by atoms with Crippen molar-refractivity contribution in [2.75, 3.05) is 44.4 Å². The van der Waals surface area contributed by atoms with Gasteiger partial charge in [0, 0.05) is 44.5 Å². The molecule has 2 heterocycles. The highest BCUT2D eigenvalue weighted by atomic mass is 16.7. The number of allylic oxidation sites excluding steroid dienone is 2. The topological polar surface area (TPSA) is 24.9 Å². The first-order valence-corrected chi connectivity index (χ1v) is 8.84. The van der Waals surface area contributed by atoms with Crippen molar-refractivity contribution in [2.45, 2.75) is 20.3 Å². The molecule has 3 aliphatic rings. The lowest BCUT2D eigenvalue weighted by Crippen LogP contribution is -2.46. The van der Waals surface area contributed by atoms with Crippen molar-refractivity contribution < 1.29 is 9.47 Å². The molecule has 1 fully saturated rings. The van der Waals surface area contributed by atoms with Gasteiger partial charge in [-0.3, -0.25) is 4.90 Å². The van der Waals surface area contributed by atoms with Gasteiger partial charge in [0.25, 0.3) is 0 Å². The first-order chi connectivity index (χ1) is 11.6. The Kier molecular flexibility index (Phi) is 4.01. The van der Waals surface area contributed by atoms with Gasteiger partial charge in [-0.05, 0) is 29.5 Å². The average molecular weight is 326 g/mol. The molecule has 0 aromatic heterocycles. The molecule has 0 atom stereocenters. The van der Waals surface area contributed by atoms with Crippen molar-refractivity contribution in [3.8, 4) is 11.5 Å². The molecule has 24 heavy (non-hydrogen) atoms. The molecular formula is C20H26N2O2. The van der Waals surface area contributed by atoms with Crippen LogP contribution >= 0.6 is 0 Å². The van der Waals surface area contributed by atoms with Crippen molar-refractivity contribution in [3.05, 3.63) is 42.0 Å². The van der Waals surface area contributed by atoms with Gasteiger partial charge >= 0.3 is 0 Å². The second-order valence-corrected chi connectivity index (χ2v) is 7.61. The number of ether oxygens (including phenoxy) is 2. The lowest BCUT2D eigenvalue weighted by molar-refractivity contribution is 0.174. The Balaban J connectivity index is 1.32. The standard InChI is InChI=1S/C20H26N2O2/c1-20(2)7-5-16(6-8-20)14-21-9-11-22(12-10-21)17-3-4-18-19(13-17)24-15-23-18/h3-7,13H,8-12,14-15H2,1-2H3. The van der Waals surface area contributed by atoms with Crippen LogP contribution in [0.3, 0.4) is 0 Å². The zero-order chi connectivity index (χ0) is 16.6. The van der Waals surface area contributed by atoms with Crippen molar-refractivity contribution in [3.63, 3.8) is 0 Å². The summed E-state index contributed by atoms with van der Waals surface area (Å²) in [7, 11) is 0. The maximum Gasteiger partial charge on any atom is 0.231 e. The molecule has 1 aromatic carbocycles. The zero-order valence-corrected chi connectivity index (χ0v) is 14.6. The normalized spacial score (nSPS) is 22.6. The number of nitrogens with zero attached hydrogens (tertiary/aromatic N) is 2. The first-order valence-electron chi connectivity index (χ1n) is 8.84. The largest absolute Gasteiger partial charge is 0.454 e. The molecule has 0 spiro atoms. The number of rotatable bonds is 3. The minimum absolute atomic E-state index is 0.321. The Hall–Kier alpha value is -1.94. The van der Waals surface area contributed by atoms with E-state index in [1.165, 1.54) is 11.3 Å². The Morgan fingerprint density at radius 3 is 2.58 bits per heavy atom. The van der Waals surface area contributed by atoms with Crippen LogP contribution in [0.15, 0.2) is 42.0 Å². The van der Waals surface area contributed by atoms with Crippen LogP contribution in [0.2, 0.25) is 0 Å². The Morgan fingerprint density at radius 1 is 1.04 bits per heavy atom. The van der Waals surface area contributed by atoms with E-state index in [1.807, 2.05) is 6.07 Å². The van der Waals surface area contributed by atoms with Gasteiger partial charge in [0.05, 0.1) is 0 Å². The van der Waals surface area contributed by atoms with Gasteiger partial charge in [0.1, 0.15) is 0 Å². The monoisotopic (exact) mass is 326 g/mol. The van der Waals surface area contributed by atoms with E-state index in [9.17, 15) is 0 Å². The van der Waals surface area contributed by atoms with Crippen LogP contribution in [0, 0.1) is 5.41 Å². The molecule has 0 saturated carbocycles. The van der Waals surface area contributed by atoms with Crippen LogP contribution in [-0.2, 0) is 0 Å². The van der Waals surface area contributed by atoms with Crippen LogP contribution in [-0.4, -0.2) is 44.4 Å². The van der Waals surface area contributed by atoms with E-state index in [-0.39, 0.29) is 0 Å². The van der Waals surface area contributed by atoms with Gasteiger partial charge < -0.3 is 14.4 Å². The molecule has 1 saturated heterocycles. The quantitative estimate of drug-likeness (QED) is 0.849. The summed E-state index contributed by atoms with van der Waals surface area (Å²) in [6.07, 6.45) is 8.22. The number of benzene rings is 1. The molecular weight excluding hydrogens is 300 g/mol. The number of fused-ring (bicyclic) bond motifs is 1. The maximum atomic E-state index is 5.49. The highest BCUT2D eigenvalue weighted by Crippen LogP contribution is 2.35. The zero-order valence-electron chi connectivity index (χ0n) is 14.6. The fourth-order valence-electron chi connectivity index (χ4n) is 3.48. The summed E-state index contributed by atoms with van der Waals surface area (Å²) in [6.45, 7) is 10.3. The molecule has 0 radical (unpaired) electrons. The van der Waals surface area contributed by atoms with E-state index in [4.69, 9.17) is 9.47 Å². The Bertz CT molecular complexity index is 670. The highest BCUT2D eigenvalue weighted by Gasteiger charge is 2.22. The molecule has 0 amide bonds. The second kappa shape index (κ2) is 6.17. The summed E-state index contributed by atoms with van der Waals surface area (Å²) < 4.78 is 10.9. The van der Waals surface area contributed by atoms with Gasteiger partial charge in [-0.1, -0.05) is 32.1 Å². The van der Waals surface area contributed by atoms with Crippen molar-refractivity contribution in [1.82, 2.24) is 4.90 Å². The first kappa shape index (κ1) is 15.6. The van der Waals surface area contributed by atoms with Crippen LogP contribution in [0.5, 0.6) is 11.5 Å². The van der Waals surface area contributed by atoms with E-state index < -0.39 is 0 Å². The van der Waals surface area contributed by atoms with Gasteiger partial charge in [0.15, 0.2) is 11.5 Å². The van der Waals surface area contributed by atoms with E-state index in [1.54, 1.807) is 0 Å². The fraction of sp³-hybridized carbons (Fsp3) is 0.500. The summed E-state index contributed by atoms with van der Waals surface area (Å²) in [5, 5.41) is 0. The van der Waals surface area contributed by atoms with Crippen LogP contribution in [0.1, 0.15) is 20.3 Å². The molecule has 1 aliphatic carbocycles. The molecule has 0 bridgehead atoms. The second-order valence-electron chi connectivity index (χ2n) is 7.61. The third-order valence-corrected chi connectivity index (χ3v) is 5.14. The molecule has 1 aromatic rings. The van der Waals surface area contributed by atoms with Gasteiger partial charge in [-0.15, -0.1) is 0 Å². The van der Waals surface area contributed by atoms with E-state index in [0.29, 0.717) is 12.2 Å². The summed E-state index contributed by atoms with van der Waals surface area (Å²) in [5.41, 5.74) is 3.02. The third-order valence-electron chi connectivity index (χ3n) is 5.14. The highest BCUT2D eigenvalue weighted by molar-refractivity contribution is 5.57. The molecule has 0 unspecified atom stereocenters. The average Bonchev–Trinajstić information content (AvgIpc) is 3.05. The lowest BCUT2D eigenvalue weighted by Gasteiger charge is -2.36. The molecule has 4 heteroatoms. The van der Waals surface area contributed by atoms with Gasteiger partial charge in [-0.25, -0.2) is 0 Å². The van der Waals surface area contributed by atoms with Crippen molar-refractivity contribution >= 4 is 5.69 Å². The number of anilines is 1. The maximum absolute atomic E-state index is 5.49. The predicted octanol–water partition coefficient (Wildman–Crippen LogP) is 3.45. The summed E-state index contributed by atoms with van der Waals surface area (Å²) in [4.78, 5) is 4.99. The Morgan fingerprint density at radius 2 is 1.83 bits per heavy atom.